The van der Waals surface area contributed by atoms with Crippen molar-refractivity contribution in [2.45, 2.75) is 18.9 Å². The van der Waals surface area contributed by atoms with Crippen molar-refractivity contribution in [2.75, 3.05) is 26.3 Å². The minimum absolute atomic E-state index is 0.0453. The smallest absolute Gasteiger partial charge is 0.275 e. The minimum Gasteiger partial charge on any atom is -0.394 e. The maximum absolute atomic E-state index is 11.9. The number of rotatable bonds is 4. The monoisotopic (exact) mass is 257 g/mol. The van der Waals surface area contributed by atoms with Crippen LogP contribution in [0.5, 0.6) is 0 Å². The predicted molar refractivity (Wildman–Crippen MR) is 61.9 cm³/mol. The van der Waals surface area contributed by atoms with Gasteiger partial charge in [-0.3, -0.25) is 4.79 Å². The molecule has 17 heavy (non-hydrogen) atoms. The summed E-state index contributed by atoms with van der Waals surface area (Å²) in [4.78, 5) is 13.7. The zero-order valence-corrected chi connectivity index (χ0v) is 10.2. The first-order valence-corrected chi connectivity index (χ1v) is 6.43. The first-order chi connectivity index (χ1) is 8.31. The molecule has 0 unspecified atom stereocenters. The summed E-state index contributed by atoms with van der Waals surface area (Å²) in [6.45, 7) is 1.76. The van der Waals surface area contributed by atoms with Crippen molar-refractivity contribution in [3.05, 3.63) is 11.1 Å². The van der Waals surface area contributed by atoms with Gasteiger partial charge in [-0.05, 0) is 24.4 Å². The molecule has 0 atom stereocenters. The van der Waals surface area contributed by atoms with Gasteiger partial charge in [0.2, 0.25) is 0 Å². The Labute approximate surface area is 103 Å². The molecule has 1 N–H and O–H groups in total. The summed E-state index contributed by atoms with van der Waals surface area (Å²) in [5.74, 6) is -0.0561. The number of hydrogen-bond acceptors (Lipinski definition) is 6. The number of aromatic nitrogens is 2. The van der Waals surface area contributed by atoms with E-state index in [1.54, 1.807) is 10.3 Å². The van der Waals surface area contributed by atoms with Gasteiger partial charge in [-0.1, -0.05) is 4.49 Å². The molecule has 1 amide bonds. The number of nitrogens with zero attached hydrogens (tertiary/aromatic N) is 3. The summed E-state index contributed by atoms with van der Waals surface area (Å²) in [6.07, 6.45) is 1.77. The van der Waals surface area contributed by atoms with Crippen LogP contribution in [-0.2, 0) is 4.74 Å². The molecule has 7 heteroatoms. The van der Waals surface area contributed by atoms with Crippen LogP contribution in [0.3, 0.4) is 0 Å². The maximum atomic E-state index is 11.9. The zero-order chi connectivity index (χ0) is 12.1. The molecule has 6 nitrogen and oxygen atoms in total. The Kier molecular flexibility index (Phi) is 4.41. The van der Waals surface area contributed by atoms with E-state index in [4.69, 9.17) is 9.84 Å². The molecule has 1 saturated heterocycles. The van der Waals surface area contributed by atoms with Crippen LogP contribution < -0.4 is 0 Å². The molecule has 0 saturated carbocycles. The lowest BCUT2D eigenvalue weighted by Crippen LogP contribution is -2.41. The summed E-state index contributed by atoms with van der Waals surface area (Å²) in [5, 5.41) is 14.1. The Balaban J connectivity index is 1.81. The van der Waals surface area contributed by atoms with Gasteiger partial charge >= 0.3 is 0 Å². The Morgan fingerprint density at radius 1 is 1.59 bits per heavy atom. The second-order valence-electron chi connectivity index (χ2n) is 3.88. The standard InChI is InChI=1S/C10H15N3O3S/c14-5-6-16-8-1-3-13(4-2-8)10(15)9-7-17-12-11-9/h7-8,14H,1-6H2. The fourth-order valence-corrected chi connectivity index (χ4v) is 2.29. The largest absolute Gasteiger partial charge is 0.394 e. The lowest BCUT2D eigenvalue weighted by Gasteiger charge is -2.31. The Morgan fingerprint density at radius 3 is 2.94 bits per heavy atom. The van der Waals surface area contributed by atoms with Crippen LogP contribution in [0.15, 0.2) is 5.38 Å². The number of aliphatic hydroxyl groups is 1. The van der Waals surface area contributed by atoms with Gasteiger partial charge in [-0.15, -0.1) is 5.10 Å². The molecule has 1 fully saturated rings. The molecule has 0 aliphatic carbocycles. The molecular formula is C10H15N3O3S. The summed E-state index contributed by atoms with van der Waals surface area (Å²) < 4.78 is 9.12. The number of ether oxygens (including phenoxy) is 1. The van der Waals surface area contributed by atoms with Crippen molar-refractivity contribution in [2.24, 2.45) is 0 Å². The number of likely N-dealkylation sites (tertiary alicyclic amines) is 1. The van der Waals surface area contributed by atoms with E-state index >= 15 is 0 Å². The third kappa shape index (κ3) is 3.21. The van der Waals surface area contributed by atoms with Crippen molar-refractivity contribution in [1.29, 1.82) is 0 Å². The fraction of sp³-hybridized carbons (Fsp3) is 0.700. The highest BCUT2D eigenvalue weighted by Crippen LogP contribution is 2.15. The van der Waals surface area contributed by atoms with Crippen molar-refractivity contribution >= 4 is 17.4 Å². The number of piperidine rings is 1. The van der Waals surface area contributed by atoms with Crippen LogP contribution in [0.2, 0.25) is 0 Å². The van der Waals surface area contributed by atoms with E-state index in [0.29, 0.717) is 25.4 Å². The molecule has 0 bridgehead atoms. The molecule has 1 aromatic rings. The average Bonchev–Trinajstić information content (AvgIpc) is 2.90. The molecule has 1 aromatic heterocycles. The van der Waals surface area contributed by atoms with E-state index in [0.717, 1.165) is 12.8 Å². The fourth-order valence-electron chi connectivity index (χ4n) is 1.86. The van der Waals surface area contributed by atoms with E-state index in [9.17, 15) is 4.79 Å². The quantitative estimate of drug-likeness (QED) is 0.831. The van der Waals surface area contributed by atoms with Gasteiger partial charge in [0.25, 0.3) is 5.91 Å². The first kappa shape index (κ1) is 12.4. The molecule has 2 rings (SSSR count). The van der Waals surface area contributed by atoms with Crippen LogP contribution in [0, 0.1) is 0 Å². The lowest BCUT2D eigenvalue weighted by atomic mass is 10.1. The summed E-state index contributed by atoms with van der Waals surface area (Å²) in [6, 6.07) is 0. The SMILES string of the molecule is O=C(c1csnn1)N1CCC(OCCO)CC1. The van der Waals surface area contributed by atoms with Crippen LogP contribution >= 0.6 is 11.5 Å². The van der Waals surface area contributed by atoms with Gasteiger partial charge in [-0.25, -0.2) is 0 Å². The van der Waals surface area contributed by atoms with Gasteiger partial charge in [-0.2, -0.15) is 0 Å². The second kappa shape index (κ2) is 6.04. The van der Waals surface area contributed by atoms with Gasteiger partial charge in [0.1, 0.15) is 0 Å². The highest BCUT2D eigenvalue weighted by atomic mass is 32.1. The molecule has 2 heterocycles. The van der Waals surface area contributed by atoms with Crippen LogP contribution in [-0.4, -0.2) is 57.9 Å². The van der Waals surface area contributed by atoms with Gasteiger partial charge in [0, 0.05) is 18.5 Å². The Bertz CT molecular complexity index is 350. The van der Waals surface area contributed by atoms with E-state index in [1.165, 1.54) is 11.5 Å². The number of carbonyl (C=O) groups is 1. The predicted octanol–water partition coefficient (Wildman–Crippen LogP) is 0.152. The molecule has 0 radical (unpaired) electrons. The van der Waals surface area contributed by atoms with E-state index in [-0.39, 0.29) is 18.6 Å². The number of aliphatic hydroxyl groups excluding tert-OH is 1. The maximum Gasteiger partial charge on any atom is 0.275 e. The third-order valence-corrected chi connectivity index (χ3v) is 3.26. The van der Waals surface area contributed by atoms with Crippen molar-refractivity contribution in [3.8, 4) is 0 Å². The van der Waals surface area contributed by atoms with Gasteiger partial charge in [0.05, 0.1) is 19.3 Å². The highest BCUT2D eigenvalue weighted by Gasteiger charge is 2.25. The van der Waals surface area contributed by atoms with Crippen LogP contribution in [0.1, 0.15) is 23.3 Å². The molecule has 1 aliphatic heterocycles. The van der Waals surface area contributed by atoms with Crippen molar-refractivity contribution < 1.29 is 14.6 Å². The average molecular weight is 257 g/mol. The molecule has 0 aromatic carbocycles. The van der Waals surface area contributed by atoms with Crippen LogP contribution in [0.25, 0.3) is 0 Å². The minimum atomic E-state index is -0.0561. The van der Waals surface area contributed by atoms with E-state index < -0.39 is 0 Å². The lowest BCUT2D eigenvalue weighted by molar-refractivity contribution is -0.00564. The number of carbonyl (C=O) groups excluding carboxylic acids is 1. The first-order valence-electron chi connectivity index (χ1n) is 5.60. The summed E-state index contributed by atoms with van der Waals surface area (Å²) >= 11 is 1.18. The molecule has 1 aliphatic rings. The van der Waals surface area contributed by atoms with E-state index in [2.05, 4.69) is 9.59 Å². The molecule has 0 spiro atoms. The normalized spacial score (nSPS) is 17.4. The van der Waals surface area contributed by atoms with Crippen molar-refractivity contribution in [3.63, 3.8) is 0 Å². The summed E-state index contributed by atoms with van der Waals surface area (Å²) in [5.41, 5.74) is 0.421. The van der Waals surface area contributed by atoms with Crippen molar-refractivity contribution in [1.82, 2.24) is 14.5 Å². The van der Waals surface area contributed by atoms with Gasteiger partial charge in [0.15, 0.2) is 5.69 Å². The Morgan fingerprint density at radius 2 is 2.35 bits per heavy atom. The molecule has 94 valence electrons. The summed E-state index contributed by atoms with van der Waals surface area (Å²) in [7, 11) is 0. The third-order valence-electron chi connectivity index (χ3n) is 2.75. The topological polar surface area (TPSA) is 75.6 Å². The second-order valence-corrected chi connectivity index (χ2v) is 4.49. The number of hydrogen-bond donors (Lipinski definition) is 1. The molecular weight excluding hydrogens is 242 g/mol. The number of amides is 1. The zero-order valence-electron chi connectivity index (χ0n) is 9.41. The van der Waals surface area contributed by atoms with Crippen LogP contribution in [0.4, 0.5) is 0 Å². The Hall–Kier alpha value is -1.05. The van der Waals surface area contributed by atoms with Gasteiger partial charge < -0.3 is 14.7 Å². The van der Waals surface area contributed by atoms with E-state index in [1.807, 2.05) is 0 Å². The highest BCUT2D eigenvalue weighted by molar-refractivity contribution is 7.03.